The van der Waals surface area contributed by atoms with Crippen molar-refractivity contribution in [3.05, 3.63) is 66.0 Å². The molecule has 1 N–H and O–H groups in total. The fraction of sp³-hybridized carbons (Fsp3) is 0.105. The highest BCUT2D eigenvalue weighted by Gasteiger charge is 2.20. The highest BCUT2D eigenvalue weighted by Crippen LogP contribution is 2.34. The minimum Gasteiger partial charge on any atom is -0.479 e. The van der Waals surface area contributed by atoms with E-state index in [1.165, 1.54) is 38.5 Å². The SMILES string of the molecule is COc1nc(-c2ccccc2)nc(OC)c1NC(=O)c1ccc(F)cc1. The van der Waals surface area contributed by atoms with E-state index < -0.39 is 11.7 Å². The Morgan fingerprint density at radius 1 is 0.923 bits per heavy atom. The van der Waals surface area contributed by atoms with E-state index >= 15 is 0 Å². The number of ether oxygens (including phenoxy) is 2. The molecule has 2 aromatic carbocycles. The van der Waals surface area contributed by atoms with Gasteiger partial charge in [-0.25, -0.2) is 4.39 Å². The van der Waals surface area contributed by atoms with Crippen molar-refractivity contribution in [1.82, 2.24) is 9.97 Å². The lowest BCUT2D eigenvalue weighted by Gasteiger charge is -2.14. The molecule has 0 aliphatic carbocycles. The minimum atomic E-state index is -0.460. The van der Waals surface area contributed by atoms with Crippen LogP contribution in [0.25, 0.3) is 11.4 Å². The Morgan fingerprint density at radius 3 is 2.04 bits per heavy atom. The zero-order valence-corrected chi connectivity index (χ0v) is 14.2. The van der Waals surface area contributed by atoms with Gasteiger partial charge in [0.2, 0.25) is 11.8 Å². The molecular formula is C19H16FN3O3. The third kappa shape index (κ3) is 3.61. The molecule has 1 aromatic heterocycles. The van der Waals surface area contributed by atoms with E-state index in [4.69, 9.17) is 9.47 Å². The summed E-state index contributed by atoms with van der Waals surface area (Å²) in [5, 5.41) is 2.66. The maximum absolute atomic E-state index is 13.0. The van der Waals surface area contributed by atoms with Crippen molar-refractivity contribution in [1.29, 1.82) is 0 Å². The largest absolute Gasteiger partial charge is 0.479 e. The predicted molar refractivity (Wildman–Crippen MR) is 94.9 cm³/mol. The van der Waals surface area contributed by atoms with Crippen molar-refractivity contribution in [3.8, 4) is 23.1 Å². The summed E-state index contributed by atoms with van der Waals surface area (Å²) in [6, 6.07) is 14.5. The Bertz CT molecular complexity index is 890. The van der Waals surface area contributed by atoms with Gasteiger partial charge in [-0.05, 0) is 24.3 Å². The quantitative estimate of drug-likeness (QED) is 0.759. The number of nitrogens with zero attached hydrogens (tertiary/aromatic N) is 2. The molecule has 0 spiro atoms. The molecule has 3 aromatic rings. The molecular weight excluding hydrogens is 337 g/mol. The lowest BCUT2D eigenvalue weighted by Crippen LogP contribution is -2.15. The van der Waals surface area contributed by atoms with Crippen LogP contribution in [0.4, 0.5) is 10.1 Å². The second-order valence-corrected chi connectivity index (χ2v) is 5.27. The first-order chi connectivity index (χ1) is 12.6. The summed E-state index contributed by atoms with van der Waals surface area (Å²) in [4.78, 5) is 21.1. The smallest absolute Gasteiger partial charge is 0.255 e. The van der Waals surface area contributed by atoms with Crippen LogP contribution in [0, 0.1) is 5.82 Å². The number of amides is 1. The average Bonchev–Trinajstić information content (AvgIpc) is 2.69. The van der Waals surface area contributed by atoms with E-state index in [0.29, 0.717) is 5.82 Å². The number of methoxy groups -OCH3 is 2. The Hall–Kier alpha value is -3.48. The molecule has 1 amide bonds. The molecule has 132 valence electrons. The Labute approximate surface area is 149 Å². The topological polar surface area (TPSA) is 73.3 Å². The number of benzene rings is 2. The number of rotatable bonds is 5. The molecule has 0 aliphatic heterocycles. The summed E-state index contributed by atoms with van der Waals surface area (Å²) in [5.74, 6) is -0.165. The van der Waals surface area contributed by atoms with Gasteiger partial charge in [-0.2, -0.15) is 9.97 Å². The van der Waals surface area contributed by atoms with Crippen LogP contribution in [0.2, 0.25) is 0 Å². The van der Waals surface area contributed by atoms with E-state index in [0.717, 1.165) is 5.56 Å². The van der Waals surface area contributed by atoms with Crippen molar-refractivity contribution < 1.29 is 18.7 Å². The predicted octanol–water partition coefficient (Wildman–Crippen LogP) is 3.55. The van der Waals surface area contributed by atoms with Gasteiger partial charge >= 0.3 is 0 Å². The van der Waals surface area contributed by atoms with Gasteiger partial charge in [0, 0.05) is 11.1 Å². The van der Waals surface area contributed by atoms with Crippen LogP contribution in [-0.4, -0.2) is 30.1 Å². The minimum absolute atomic E-state index is 0.158. The Kier molecular flexibility index (Phi) is 5.07. The Morgan fingerprint density at radius 2 is 1.50 bits per heavy atom. The van der Waals surface area contributed by atoms with Crippen LogP contribution in [0.3, 0.4) is 0 Å². The monoisotopic (exact) mass is 353 g/mol. The maximum Gasteiger partial charge on any atom is 0.255 e. The van der Waals surface area contributed by atoms with E-state index in [9.17, 15) is 9.18 Å². The molecule has 0 saturated heterocycles. The number of aromatic nitrogens is 2. The molecule has 6 nitrogen and oxygen atoms in total. The summed E-state index contributed by atoms with van der Waals surface area (Å²) >= 11 is 0. The second kappa shape index (κ2) is 7.60. The van der Waals surface area contributed by atoms with Gasteiger partial charge in [0.15, 0.2) is 11.5 Å². The molecule has 0 saturated carbocycles. The third-order valence-corrected chi connectivity index (χ3v) is 3.61. The summed E-state index contributed by atoms with van der Waals surface area (Å²) in [6.45, 7) is 0. The first kappa shape index (κ1) is 17.3. The Balaban J connectivity index is 1.98. The second-order valence-electron chi connectivity index (χ2n) is 5.27. The van der Waals surface area contributed by atoms with Crippen molar-refractivity contribution in [2.24, 2.45) is 0 Å². The fourth-order valence-electron chi connectivity index (χ4n) is 2.33. The molecule has 0 aliphatic rings. The zero-order chi connectivity index (χ0) is 18.5. The number of hydrogen-bond acceptors (Lipinski definition) is 5. The molecule has 7 heteroatoms. The molecule has 0 bridgehead atoms. The van der Waals surface area contributed by atoms with E-state index in [2.05, 4.69) is 15.3 Å². The van der Waals surface area contributed by atoms with Gasteiger partial charge in [-0.3, -0.25) is 4.79 Å². The third-order valence-electron chi connectivity index (χ3n) is 3.61. The summed E-state index contributed by atoms with van der Waals surface area (Å²) in [5.41, 5.74) is 1.26. The zero-order valence-electron chi connectivity index (χ0n) is 14.2. The fourth-order valence-corrected chi connectivity index (χ4v) is 2.33. The normalized spacial score (nSPS) is 10.3. The van der Waals surface area contributed by atoms with Crippen LogP contribution in [0.15, 0.2) is 54.6 Å². The van der Waals surface area contributed by atoms with Gasteiger partial charge < -0.3 is 14.8 Å². The van der Waals surface area contributed by atoms with E-state index in [1.54, 1.807) is 0 Å². The molecule has 0 radical (unpaired) electrons. The molecule has 0 fully saturated rings. The highest BCUT2D eigenvalue weighted by molar-refractivity contribution is 6.05. The summed E-state index contributed by atoms with van der Waals surface area (Å²) < 4.78 is 23.6. The van der Waals surface area contributed by atoms with Gasteiger partial charge in [-0.15, -0.1) is 0 Å². The standard InChI is InChI=1S/C19H16FN3O3/c1-25-18-15(21-17(24)13-8-10-14(20)11-9-13)19(26-2)23-16(22-18)12-6-4-3-5-7-12/h3-11H,1-2H3,(H,21,24). The number of hydrogen-bond donors (Lipinski definition) is 1. The molecule has 0 atom stereocenters. The number of anilines is 1. The summed E-state index contributed by atoms with van der Waals surface area (Å²) in [7, 11) is 2.87. The number of carbonyl (C=O) groups is 1. The van der Waals surface area contributed by atoms with Gasteiger partial charge in [0.1, 0.15) is 5.82 Å². The number of carbonyl (C=O) groups excluding carboxylic acids is 1. The lowest BCUT2D eigenvalue weighted by molar-refractivity contribution is 0.102. The van der Waals surface area contributed by atoms with Crippen LogP contribution < -0.4 is 14.8 Å². The number of halogens is 1. The van der Waals surface area contributed by atoms with Crippen LogP contribution >= 0.6 is 0 Å². The van der Waals surface area contributed by atoms with Crippen LogP contribution in [-0.2, 0) is 0 Å². The molecule has 26 heavy (non-hydrogen) atoms. The molecule has 3 rings (SSSR count). The lowest BCUT2D eigenvalue weighted by atomic mass is 10.2. The first-order valence-corrected chi connectivity index (χ1v) is 7.74. The van der Waals surface area contributed by atoms with Crippen molar-refractivity contribution in [3.63, 3.8) is 0 Å². The van der Waals surface area contributed by atoms with Crippen molar-refractivity contribution in [2.45, 2.75) is 0 Å². The molecule has 1 heterocycles. The van der Waals surface area contributed by atoms with Gasteiger partial charge in [0.05, 0.1) is 14.2 Å². The average molecular weight is 353 g/mol. The van der Waals surface area contributed by atoms with Crippen molar-refractivity contribution >= 4 is 11.6 Å². The first-order valence-electron chi connectivity index (χ1n) is 7.74. The number of nitrogens with one attached hydrogen (secondary N) is 1. The van der Waals surface area contributed by atoms with Gasteiger partial charge in [-0.1, -0.05) is 30.3 Å². The summed E-state index contributed by atoms with van der Waals surface area (Å²) in [6.07, 6.45) is 0. The van der Waals surface area contributed by atoms with Crippen molar-refractivity contribution in [2.75, 3.05) is 19.5 Å². The maximum atomic E-state index is 13.0. The highest BCUT2D eigenvalue weighted by atomic mass is 19.1. The van der Waals surface area contributed by atoms with E-state index in [1.807, 2.05) is 30.3 Å². The van der Waals surface area contributed by atoms with Gasteiger partial charge in [0.25, 0.3) is 5.91 Å². The van der Waals surface area contributed by atoms with E-state index in [-0.39, 0.29) is 23.0 Å². The van der Waals surface area contributed by atoms with Crippen LogP contribution in [0.1, 0.15) is 10.4 Å². The van der Waals surface area contributed by atoms with Crippen LogP contribution in [0.5, 0.6) is 11.8 Å². The molecule has 0 unspecified atom stereocenters.